The molecule has 2 aliphatic rings. The van der Waals surface area contributed by atoms with Gasteiger partial charge in [-0.2, -0.15) is 5.26 Å². The lowest BCUT2D eigenvalue weighted by Gasteiger charge is -2.29. The highest BCUT2D eigenvalue weighted by molar-refractivity contribution is 5.93. The number of nitriles is 1. The van der Waals surface area contributed by atoms with Crippen molar-refractivity contribution in [3.8, 4) is 6.07 Å². The second kappa shape index (κ2) is 16.2. The van der Waals surface area contributed by atoms with E-state index >= 15 is 0 Å². The SMILES string of the molecule is C.C.CC(C)(C)CC(=O)Nc1nc2ccc(C#N)cc2n1C1CCC1.CCC(O)c1ccc2nc(NC(=O)CC(C)(C)C)n(C3CCC3)c2c1. The van der Waals surface area contributed by atoms with Crippen LogP contribution in [0.15, 0.2) is 36.4 Å². The number of amides is 2. The van der Waals surface area contributed by atoms with Gasteiger partial charge in [0.1, 0.15) is 0 Å². The van der Waals surface area contributed by atoms with Gasteiger partial charge >= 0.3 is 0 Å². The van der Waals surface area contributed by atoms with Gasteiger partial charge in [0.2, 0.25) is 23.7 Å². The van der Waals surface area contributed by atoms with Crippen molar-refractivity contribution < 1.29 is 14.7 Å². The smallest absolute Gasteiger partial charge is 0.227 e. The van der Waals surface area contributed by atoms with Crippen LogP contribution in [0.2, 0.25) is 0 Å². The number of rotatable bonds is 8. The molecule has 0 radical (unpaired) electrons. The molecule has 6 rings (SSSR count). The lowest BCUT2D eigenvalue weighted by Crippen LogP contribution is -2.24. The molecule has 2 amide bonds. The van der Waals surface area contributed by atoms with Crippen LogP contribution in [-0.4, -0.2) is 36.0 Å². The predicted octanol–water partition coefficient (Wildman–Crippen LogP) is 9.86. The molecular weight excluding hydrogens is 626 g/mol. The Morgan fingerprint density at radius 3 is 1.64 bits per heavy atom. The minimum atomic E-state index is -0.465. The number of anilines is 2. The number of carbonyl (C=O) groups is 2. The number of benzene rings is 2. The molecule has 2 fully saturated rings. The van der Waals surface area contributed by atoms with Crippen LogP contribution in [-0.2, 0) is 9.59 Å². The van der Waals surface area contributed by atoms with Crippen LogP contribution in [0, 0.1) is 22.2 Å². The summed E-state index contributed by atoms with van der Waals surface area (Å²) in [4.78, 5) is 33.9. The lowest BCUT2D eigenvalue weighted by atomic mass is 9.92. The van der Waals surface area contributed by atoms with Crippen molar-refractivity contribution in [2.45, 2.75) is 139 Å². The molecule has 1 atom stereocenters. The standard InChI is InChI=1S/C20H29N3O2.C18H22N4O.2CH4/c1-5-17(24)13-9-10-15-16(11-13)23(14-7-6-8-14)19(21-15)22-18(25)12-20(2,3)4;1-18(2,3)10-16(23)21-17-20-14-8-7-12(11-19)9-15(14)22(17)13-5-4-6-13;;/h9-11,14,17,24H,5-8,12H2,1-4H3,(H,21,22,25);7-9,13H,4-6,10H2,1-3H3,(H,20,21,23);2*1H4. The van der Waals surface area contributed by atoms with Gasteiger partial charge in [0, 0.05) is 24.9 Å². The summed E-state index contributed by atoms with van der Waals surface area (Å²) in [5.41, 5.74) is 5.02. The van der Waals surface area contributed by atoms with E-state index in [0.717, 1.165) is 53.3 Å². The maximum Gasteiger partial charge on any atom is 0.227 e. The molecule has 0 spiro atoms. The Kier molecular flexibility index (Phi) is 13.0. The predicted molar refractivity (Wildman–Crippen MR) is 204 cm³/mol. The summed E-state index contributed by atoms with van der Waals surface area (Å²) in [5.74, 6) is 1.22. The van der Waals surface area contributed by atoms with Gasteiger partial charge in [0.15, 0.2) is 0 Å². The molecule has 2 aliphatic carbocycles. The summed E-state index contributed by atoms with van der Waals surface area (Å²) in [6, 6.07) is 14.3. The number of imidazole rings is 2. The van der Waals surface area contributed by atoms with Gasteiger partial charge in [-0.1, -0.05) is 69.4 Å². The second-order valence-corrected chi connectivity index (χ2v) is 15.8. The van der Waals surface area contributed by atoms with Gasteiger partial charge in [-0.3, -0.25) is 20.2 Å². The van der Waals surface area contributed by atoms with Crippen LogP contribution in [0.5, 0.6) is 0 Å². The number of hydrogen-bond acceptors (Lipinski definition) is 6. The van der Waals surface area contributed by atoms with E-state index in [9.17, 15) is 14.7 Å². The Morgan fingerprint density at radius 2 is 1.26 bits per heavy atom. The molecular formula is C40H59N7O3. The van der Waals surface area contributed by atoms with Crippen molar-refractivity contribution in [3.05, 3.63) is 47.5 Å². The first-order valence-electron chi connectivity index (χ1n) is 17.4. The van der Waals surface area contributed by atoms with Gasteiger partial charge in [0.25, 0.3) is 0 Å². The largest absolute Gasteiger partial charge is 0.388 e. The maximum atomic E-state index is 12.4. The molecule has 1 unspecified atom stereocenters. The summed E-state index contributed by atoms with van der Waals surface area (Å²) in [5, 5.41) is 25.3. The summed E-state index contributed by atoms with van der Waals surface area (Å²) < 4.78 is 4.26. The molecule has 2 aromatic carbocycles. The van der Waals surface area contributed by atoms with Crippen molar-refractivity contribution in [2.24, 2.45) is 10.8 Å². The molecule has 3 N–H and O–H groups in total. The highest BCUT2D eigenvalue weighted by Gasteiger charge is 2.28. The maximum absolute atomic E-state index is 12.4. The molecule has 0 saturated heterocycles. The average molecular weight is 686 g/mol. The molecule has 50 heavy (non-hydrogen) atoms. The number of aliphatic hydroxyl groups is 1. The summed E-state index contributed by atoms with van der Waals surface area (Å²) >= 11 is 0. The Morgan fingerprint density at radius 1 is 0.820 bits per heavy atom. The van der Waals surface area contributed by atoms with E-state index in [-0.39, 0.29) is 37.5 Å². The molecule has 2 aromatic heterocycles. The molecule has 2 heterocycles. The fraction of sp³-hybridized carbons (Fsp3) is 0.575. The third-order valence-corrected chi connectivity index (χ3v) is 9.07. The summed E-state index contributed by atoms with van der Waals surface area (Å²) in [6.45, 7) is 14.3. The van der Waals surface area contributed by atoms with Gasteiger partial charge in [-0.15, -0.1) is 0 Å². The van der Waals surface area contributed by atoms with Crippen LogP contribution < -0.4 is 10.6 Å². The highest BCUT2D eigenvalue weighted by atomic mass is 16.3. The number of carbonyl (C=O) groups excluding carboxylic acids is 2. The second-order valence-electron chi connectivity index (χ2n) is 15.8. The van der Waals surface area contributed by atoms with Crippen molar-refractivity contribution in [1.29, 1.82) is 5.26 Å². The van der Waals surface area contributed by atoms with Gasteiger partial charge in [-0.25, -0.2) is 9.97 Å². The van der Waals surface area contributed by atoms with Gasteiger partial charge < -0.3 is 14.2 Å². The number of hydrogen-bond donors (Lipinski definition) is 3. The van der Waals surface area contributed by atoms with Crippen molar-refractivity contribution in [1.82, 2.24) is 19.1 Å². The first-order chi connectivity index (χ1) is 22.7. The molecule has 10 heteroatoms. The lowest BCUT2D eigenvalue weighted by molar-refractivity contribution is -0.118. The fourth-order valence-corrected chi connectivity index (χ4v) is 6.22. The first-order valence-corrected chi connectivity index (χ1v) is 17.4. The van der Waals surface area contributed by atoms with Crippen LogP contribution in [0.3, 0.4) is 0 Å². The van der Waals surface area contributed by atoms with E-state index in [4.69, 9.17) is 5.26 Å². The zero-order valence-electron chi connectivity index (χ0n) is 29.6. The highest BCUT2D eigenvalue weighted by Crippen LogP contribution is 2.39. The first kappa shape index (κ1) is 40.2. The van der Waals surface area contributed by atoms with Crippen LogP contribution in [0.25, 0.3) is 22.1 Å². The number of nitrogens with one attached hydrogen (secondary N) is 2. The fourth-order valence-electron chi connectivity index (χ4n) is 6.22. The molecule has 0 bridgehead atoms. The zero-order chi connectivity index (χ0) is 34.8. The van der Waals surface area contributed by atoms with Crippen molar-refractivity contribution in [3.63, 3.8) is 0 Å². The monoisotopic (exact) mass is 685 g/mol. The molecule has 4 aromatic rings. The number of aliphatic hydroxyl groups excluding tert-OH is 1. The quantitative estimate of drug-likeness (QED) is 0.169. The van der Waals surface area contributed by atoms with Crippen LogP contribution >= 0.6 is 0 Å². The minimum Gasteiger partial charge on any atom is -0.388 e. The van der Waals surface area contributed by atoms with Crippen molar-refractivity contribution in [2.75, 3.05) is 10.6 Å². The van der Waals surface area contributed by atoms with Gasteiger partial charge in [-0.05, 0) is 91.7 Å². The molecule has 0 aliphatic heterocycles. The number of fused-ring (bicyclic) bond motifs is 2. The summed E-state index contributed by atoms with van der Waals surface area (Å²) in [7, 11) is 0. The third kappa shape index (κ3) is 9.51. The topological polar surface area (TPSA) is 138 Å². The molecule has 272 valence electrons. The summed E-state index contributed by atoms with van der Waals surface area (Å²) in [6.07, 6.45) is 7.91. The molecule has 2 saturated carbocycles. The van der Waals surface area contributed by atoms with E-state index in [1.165, 1.54) is 12.8 Å². The number of aromatic nitrogens is 4. The van der Waals surface area contributed by atoms with E-state index in [0.29, 0.717) is 48.8 Å². The number of nitrogens with zero attached hydrogens (tertiary/aromatic N) is 5. The van der Waals surface area contributed by atoms with E-state index in [1.807, 2.05) is 58.0 Å². The van der Waals surface area contributed by atoms with E-state index in [1.54, 1.807) is 6.07 Å². The van der Waals surface area contributed by atoms with E-state index in [2.05, 4.69) is 56.6 Å². The van der Waals surface area contributed by atoms with Crippen LogP contribution in [0.1, 0.15) is 150 Å². The zero-order valence-corrected chi connectivity index (χ0v) is 29.6. The van der Waals surface area contributed by atoms with Gasteiger partial charge in [0.05, 0.1) is 39.8 Å². The Labute approximate surface area is 298 Å². The van der Waals surface area contributed by atoms with Crippen LogP contribution in [0.4, 0.5) is 11.9 Å². The van der Waals surface area contributed by atoms with Crippen molar-refractivity contribution >= 4 is 45.8 Å². The Balaban J connectivity index is 0.000000261. The molecule has 10 nitrogen and oxygen atoms in total. The Hall–Kier alpha value is -4.23. The average Bonchev–Trinajstić information content (AvgIpc) is 3.45. The van der Waals surface area contributed by atoms with E-state index < -0.39 is 6.10 Å². The Bertz CT molecular complexity index is 1830. The minimum absolute atomic E-state index is 0. The third-order valence-electron chi connectivity index (χ3n) is 9.07. The normalized spacial score (nSPS) is 15.3.